The van der Waals surface area contributed by atoms with E-state index < -0.39 is 10.0 Å². The molecule has 0 unspecified atom stereocenters. The van der Waals surface area contributed by atoms with E-state index in [0.717, 1.165) is 16.9 Å². The lowest BCUT2D eigenvalue weighted by Gasteiger charge is -2.34. The molecule has 8 nitrogen and oxygen atoms in total. The molecule has 1 fully saturated rings. The number of fused-ring (bicyclic) bond motifs is 1. The molecule has 160 valence electrons. The van der Waals surface area contributed by atoms with Gasteiger partial charge in [0.05, 0.1) is 31.8 Å². The Morgan fingerprint density at radius 2 is 1.73 bits per heavy atom. The van der Waals surface area contributed by atoms with Crippen LogP contribution in [0.1, 0.15) is 5.82 Å². The summed E-state index contributed by atoms with van der Waals surface area (Å²) >= 11 is 0. The molecule has 30 heavy (non-hydrogen) atoms. The molecule has 0 saturated carbocycles. The second-order valence-electron chi connectivity index (χ2n) is 7.27. The summed E-state index contributed by atoms with van der Waals surface area (Å²) in [5, 5.41) is 0. The van der Waals surface area contributed by atoms with Gasteiger partial charge in [0, 0.05) is 39.3 Å². The summed E-state index contributed by atoms with van der Waals surface area (Å²) in [4.78, 5) is 7.09. The topological polar surface area (TPSA) is 76.9 Å². The van der Waals surface area contributed by atoms with Crippen LogP contribution in [0.2, 0.25) is 0 Å². The molecule has 9 heteroatoms. The minimum absolute atomic E-state index is 0.133. The number of para-hydroxylation sites is 2. The van der Waals surface area contributed by atoms with Gasteiger partial charge in [-0.25, -0.2) is 13.4 Å². The number of benzene rings is 2. The summed E-state index contributed by atoms with van der Waals surface area (Å²) < 4.78 is 40.5. The second kappa shape index (κ2) is 8.25. The lowest BCUT2D eigenvalue weighted by atomic mass is 10.3. The number of sulfonamides is 1. The van der Waals surface area contributed by atoms with Crippen molar-refractivity contribution >= 4 is 21.1 Å². The van der Waals surface area contributed by atoms with Crippen molar-refractivity contribution in [1.29, 1.82) is 0 Å². The smallest absolute Gasteiger partial charge is 0.246 e. The number of aryl methyl sites for hydroxylation is 1. The van der Waals surface area contributed by atoms with Crippen LogP contribution in [0.4, 0.5) is 0 Å². The molecule has 0 aliphatic carbocycles. The Bertz CT molecular complexity index is 1150. The van der Waals surface area contributed by atoms with Crippen LogP contribution in [0.15, 0.2) is 47.4 Å². The third kappa shape index (κ3) is 3.76. The molecule has 4 rings (SSSR count). The van der Waals surface area contributed by atoms with Gasteiger partial charge < -0.3 is 14.0 Å². The Morgan fingerprint density at radius 3 is 2.40 bits per heavy atom. The van der Waals surface area contributed by atoms with Crippen LogP contribution in [0.5, 0.6) is 11.5 Å². The number of hydrogen-bond donors (Lipinski definition) is 0. The minimum Gasteiger partial charge on any atom is -0.497 e. The molecule has 0 spiro atoms. The number of ether oxygens (including phenoxy) is 2. The van der Waals surface area contributed by atoms with Gasteiger partial charge >= 0.3 is 0 Å². The summed E-state index contributed by atoms with van der Waals surface area (Å²) in [5.74, 6) is 1.77. The number of aromatic nitrogens is 2. The molecule has 1 aliphatic rings. The summed E-state index contributed by atoms with van der Waals surface area (Å²) in [7, 11) is 1.31. The fourth-order valence-electron chi connectivity index (χ4n) is 3.79. The molecule has 0 amide bonds. The minimum atomic E-state index is -3.68. The molecule has 0 N–H and O–H groups in total. The zero-order valence-corrected chi connectivity index (χ0v) is 18.2. The predicted octanol–water partition coefficient (Wildman–Crippen LogP) is 2.10. The van der Waals surface area contributed by atoms with Gasteiger partial charge in [-0.05, 0) is 24.3 Å². The number of imidazole rings is 1. The van der Waals surface area contributed by atoms with Crippen LogP contribution in [-0.2, 0) is 23.6 Å². The average molecular weight is 431 g/mol. The predicted molar refractivity (Wildman–Crippen MR) is 114 cm³/mol. The highest BCUT2D eigenvalue weighted by atomic mass is 32.2. The van der Waals surface area contributed by atoms with Crippen molar-refractivity contribution in [2.45, 2.75) is 11.4 Å². The van der Waals surface area contributed by atoms with Gasteiger partial charge in [-0.3, -0.25) is 4.90 Å². The Kier molecular flexibility index (Phi) is 5.68. The summed E-state index contributed by atoms with van der Waals surface area (Å²) in [6.45, 7) is 2.77. The standard InChI is InChI=1S/C21H26N4O4S/c1-23-18-7-5-4-6-17(18)22-21(23)15-24-10-12-25(13-11-24)30(26,27)20-14-16(28-2)8-9-19(20)29-3/h4-9,14H,10-13,15H2,1-3H3. The maximum absolute atomic E-state index is 13.2. The molecule has 1 saturated heterocycles. The number of nitrogens with zero attached hydrogens (tertiary/aromatic N) is 4. The van der Waals surface area contributed by atoms with E-state index in [4.69, 9.17) is 14.5 Å². The van der Waals surface area contributed by atoms with E-state index in [9.17, 15) is 8.42 Å². The van der Waals surface area contributed by atoms with Crippen molar-refractivity contribution in [3.05, 3.63) is 48.3 Å². The molecule has 0 atom stereocenters. The van der Waals surface area contributed by atoms with Crippen molar-refractivity contribution < 1.29 is 17.9 Å². The first-order valence-electron chi connectivity index (χ1n) is 9.79. The van der Waals surface area contributed by atoms with E-state index in [1.54, 1.807) is 12.1 Å². The van der Waals surface area contributed by atoms with Gasteiger partial charge in [-0.15, -0.1) is 0 Å². The van der Waals surface area contributed by atoms with Crippen LogP contribution in [0.25, 0.3) is 11.0 Å². The first-order chi connectivity index (χ1) is 14.4. The Labute approximate surface area is 176 Å². The first-order valence-corrected chi connectivity index (χ1v) is 11.2. The second-order valence-corrected chi connectivity index (χ2v) is 9.18. The molecular formula is C21H26N4O4S. The zero-order chi connectivity index (χ0) is 21.3. The first kappa shape index (κ1) is 20.6. The molecule has 2 heterocycles. The monoisotopic (exact) mass is 430 g/mol. The van der Waals surface area contributed by atoms with Crippen LogP contribution in [0, 0.1) is 0 Å². The van der Waals surface area contributed by atoms with E-state index in [2.05, 4.69) is 15.5 Å². The van der Waals surface area contributed by atoms with Crippen molar-refractivity contribution in [2.24, 2.45) is 7.05 Å². The molecule has 3 aromatic rings. The van der Waals surface area contributed by atoms with Crippen molar-refractivity contribution in [1.82, 2.24) is 18.8 Å². The summed E-state index contributed by atoms with van der Waals surface area (Å²) in [5.41, 5.74) is 2.07. The lowest BCUT2D eigenvalue weighted by molar-refractivity contribution is 0.177. The Morgan fingerprint density at radius 1 is 1.00 bits per heavy atom. The Hall–Kier alpha value is -2.62. The third-order valence-electron chi connectivity index (χ3n) is 5.56. The average Bonchev–Trinajstić information content (AvgIpc) is 3.09. The fraction of sp³-hybridized carbons (Fsp3) is 0.381. The number of rotatable bonds is 6. The highest BCUT2D eigenvalue weighted by Crippen LogP contribution is 2.31. The van der Waals surface area contributed by atoms with Crippen LogP contribution in [0.3, 0.4) is 0 Å². The maximum atomic E-state index is 13.2. The van der Waals surface area contributed by atoms with E-state index in [1.165, 1.54) is 24.6 Å². The van der Waals surface area contributed by atoms with Crippen molar-refractivity contribution in [3.8, 4) is 11.5 Å². The SMILES string of the molecule is COc1ccc(OC)c(S(=O)(=O)N2CCN(Cc3nc4ccccc4n3C)CC2)c1. The van der Waals surface area contributed by atoms with Crippen LogP contribution >= 0.6 is 0 Å². The van der Waals surface area contributed by atoms with Gasteiger partial charge in [0.15, 0.2) is 0 Å². The third-order valence-corrected chi connectivity index (χ3v) is 7.48. The lowest BCUT2D eigenvalue weighted by Crippen LogP contribution is -2.48. The normalized spacial score (nSPS) is 16.1. The highest BCUT2D eigenvalue weighted by molar-refractivity contribution is 7.89. The number of piperazine rings is 1. The Balaban J connectivity index is 1.48. The molecule has 1 aliphatic heterocycles. The van der Waals surface area contributed by atoms with Gasteiger partial charge in [-0.2, -0.15) is 4.31 Å². The maximum Gasteiger partial charge on any atom is 0.246 e. The van der Waals surface area contributed by atoms with Gasteiger partial charge in [-0.1, -0.05) is 12.1 Å². The van der Waals surface area contributed by atoms with Crippen LogP contribution in [-0.4, -0.2) is 67.6 Å². The number of hydrogen-bond acceptors (Lipinski definition) is 6. The highest BCUT2D eigenvalue weighted by Gasteiger charge is 2.31. The summed E-state index contributed by atoms with van der Waals surface area (Å²) in [6.07, 6.45) is 0. The molecule has 2 aromatic carbocycles. The summed E-state index contributed by atoms with van der Waals surface area (Å²) in [6, 6.07) is 12.9. The fourth-order valence-corrected chi connectivity index (χ4v) is 5.38. The van der Waals surface area contributed by atoms with Gasteiger partial charge in [0.1, 0.15) is 22.2 Å². The van der Waals surface area contributed by atoms with Crippen LogP contribution < -0.4 is 9.47 Å². The van der Waals surface area contributed by atoms with E-state index >= 15 is 0 Å². The van der Waals surface area contributed by atoms with Gasteiger partial charge in [0.25, 0.3) is 0 Å². The molecule has 1 aromatic heterocycles. The van der Waals surface area contributed by atoms with E-state index in [-0.39, 0.29) is 4.90 Å². The molecular weight excluding hydrogens is 404 g/mol. The van der Waals surface area contributed by atoms with E-state index in [0.29, 0.717) is 44.2 Å². The molecule has 0 radical (unpaired) electrons. The van der Waals surface area contributed by atoms with Gasteiger partial charge in [0.2, 0.25) is 10.0 Å². The van der Waals surface area contributed by atoms with Crippen molar-refractivity contribution in [3.63, 3.8) is 0 Å². The number of methoxy groups -OCH3 is 2. The quantitative estimate of drug-likeness (QED) is 0.596. The van der Waals surface area contributed by atoms with Crippen molar-refractivity contribution in [2.75, 3.05) is 40.4 Å². The zero-order valence-electron chi connectivity index (χ0n) is 17.4. The van der Waals surface area contributed by atoms with E-state index in [1.807, 2.05) is 25.2 Å². The molecule has 0 bridgehead atoms. The largest absolute Gasteiger partial charge is 0.497 e.